The highest BCUT2D eigenvalue weighted by molar-refractivity contribution is 6.30. The van der Waals surface area contributed by atoms with Gasteiger partial charge in [0.05, 0.1) is 11.3 Å². The minimum atomic E-state index is -0.557. The number of anilines is 3. The SMILES string of the molecule is CN(C)CCN(C)c1ccc2c(c1)NC(C)(C)N(c1ccc(Cl)cc1)C2=O. The van der Waals surface area contributed by atoms with E-state index in [4.69, 9.17) is 11.6 Å². The Balaban J connectivity index is 1.92. The van der Waals surface area contributed by atoms with Gasteiger partial charge in [0, 0.05) is 36.5 Å². The molecule has 0 aliphatic carbocycles. The van der Waals surface area contributed by atoms with Gasteiger partial charge in [-0.15, -0.1) is 0 Å². The predicted octanol–water partition coefficient (Wildman–Crippen LogP) is 4.15. The second-order valence-corrected chi connectivity index (χ2v) is 8.19. The van der Waals surface area contributed by atoms with Crippen LogP contribution in [0.1, 0.15) is 24.2 Å². The van der Waals surface area contributed by atoms with E-state index in [9.17, 15) is 4.79 Å². The van der Waals surface area contributed by atoms with E-state index in [2.05, 4.69) is 42.3 Å². The van der Waals surface area contributed by atoms with E-state index in [1.807, 2.05) is 38.1 Å². The van der Waals surface area contributed by atoms with Gasteiger partial charge < -0.3 is 15.1 Å². The van der Waals surface area contributed by atoms with Crippen molar-refractivity contribution in [2.45, 2.75) is 19.5 Å². The Bertz CT molecular complexity index is 833. The van der Waals surface area contributed by atoms with Crippen molar-refractivity contribution < 1.29 is 4.79 Å². The summed E-state index contributed by atoms with van der Waals surface area (Å²) in [6.07, 6.45) is 0. The monoisotopic (exact) mass is 386 g/mol. The molecule has 0 aromatic heterocycles. The first kappa shape index (κ1) is 19.5. The number of benzene rings is 2. The van der Waals surface area contributed by atoms with E-state index in [0.717, 1.165) is 30.2 Å². The Labute approximate surface area is 166 Å². The number of nitrogens with one attached hydrogen (secondary N) is 1. The van der Waals surface area contributed by atoms with Crippen molar-refractivity contribution in [3.8, 4) is 0 Å². The number of hydrogen-bond acceptors (Lipinski definition) is 4. The summed E-state index contributed by atoms with van der Waals surface area (Å²) in [4.78, 5) is 19.4. The number of amides is 1. The van der Waals surface area contributed by atoms with Crippen LogP contribution in [0, 0.1) is 0 Å². The van der Waals surface area contributed by atoms with Crippen LogP contribution in [0.25, 0.3) is 0 Å². The molecule has 1 aliphatic heterocycles. The third kappa shape index (κ3) is 4.04. The molecule has 0 saturated carbocycles. The molecule has 5 nitrogen and oxygen atoms in total. The van der Waals surface area contributed by atoms with E-state index in [1.165, 1.54) is 0 Å². The maximum Gasteiger partial charge on any atom is 0.262 e. The van der Waals surface area contributed by atoms with Crippen LogP contribution in [0.2, 0.25) is 5.02 Å². The summed E-state index contributed by atoms with van der Waals surface area (Å²) in [5, 5.41) is 4.18. The molecule has 1 aliphatic rings. The van der Waals surface area contributed by atoms with Gasteiger partial charge in [-0.25, -0.2) is 0 Å². The zero-order valence-electron chi connectivity index (χ0n) is 16.6. The lowest BCUT2D eigenvalue weighted by molar-refractivity contribution is 0.0961. The molecule has 0 bridgehead atoms. The van der Waals surface area contributed by atoms with E-state index in [-0.39, 0.29) is 5.91 Å². The molecule has 1 N–H and O–H groups in total. The first-order valence-electron chi connectivity index (χ1n) is 9.07. The predicted molar refractivity (Wildman–Crippen MR) is 114 cm³/mol. The summed E-state index contributed by atoms with van der Waals surface area (Å²) in [7, 11) is 6.20. The number of rotatable bonds is 5. The third-order valence-electron chi connectivity index (χ3n) is 4.84. The van der Waals surface area contributed by atoms with Crippen molar-refractivity contribution in [1.82, 2.24) is 4.90 Å². The van der Waals surface area contributed by atoms with E-state index < -0.39 is 5.66 Å². The van der Waals surface area contributed by atoms with Crippen molar-refractivity contribution in [3.05, 3.63) is 53.1 Å². The van der Waals surface area contributed by atoms with E-state index >= 15 is 0 Å². The number of halogens is 1. The molecular weight excluding hydrogens is 360 g/mol. The molecule has 6 heteroatoms. The standard InChI is InChI=1S/C21H27ClN4O/c1-21(2)23-19-14-17(25(5)13-12-24(3)4)10-11-18(19)20(27)26(21)16-8-6-15(22)7-9-16/h6-11,14,23H,12-13H2,1-5H3. The first-order chi connectivity index (χ1) is 12.7. The highest BCUT2D eigenvalue weighted by Gasteiger charge is 2.38. The second-order valence-electron chi connectivity index (χ2n) is 7.76. The van der Waals surface area contributed by atoms with E-state index in [0.29, 0.717) is 10.6 Å². The second kappa shape index (κ2) is 7.41. The zero-order chi connectivity index (χ0) is 19.8. The quantitative estimate of drug-likeness (QED) is 0.837. The zero-order valence-corrected chi connectivity index (χ0v) is 17.3. The Morgan fingerprint density at radius 3 is 2.33 bits per heavy atom. The van der Waals surface area contributed by atoms with Crippen LogP contribution in [0.3, 0.4) is 0 Å². The molecule has 0 radical (unpaired) electrons. The minimum absolute atomic E-state index is 0.0152. The van der Waals surface area contributed by atoms with E-state index in [1.54, 1.807) is 17.0 Å². The van der Waals surface area contributed by atoms with Gasteiger partial charge in [0.1, 0.15) is 5.66 Å². The summed E-state index contributed by atoms with van der Waals surface area (Å²) in [6.45, 7) is 5.89. The number of nitrogens with zero attached hydrogens (tertiary/aromatic N) is 3. The number of carbonyl (C=O) groups is 1. The van der Waals surface area contributed by atoms with Crippen molar-refractivity contribution in [3.63, 3.8) is 0 Å². The normalized spacial score (nSPS) is 15.5. The largest absolute Gasteiger partial charge is 0.373 e. The van der Waals surface area contributed by atoms with Gasteiger partial charge >= 0.3 is 0 Å². The molecule has 0 atom stereocenters. The number of fused-ring (bicyclic) bond motifs is 1. The fourth-order valence-corrected chi connectivity index (χ4v) is 3.45. The molecule has 0 spiro atoms. The third-order valence-corrected chi connectivity index (χ3v) is 5.10. The van der Waals surface area contributed by atoms with Gasteiger partial charge in [0.15, 0.2) is 0 Å². The summed E-state index contributed by atoms with van der Waals surface area (Å²) < 4.78 is 0. The lowest BCUT2D eigenvalue weighted by Gasteiger charge is -2.44. The lowest BCUT2D eigenvalue weighted by atomic mass is 10.00. The van der Waals surface area contributed by atoms with Crippen molar-refractivity contribution in [2.24, 2.45) is 0 Å². The van der Waals surface area contributed by atoms with Gasteiger partial charge in [-0.1, -0.05) is 11.6 Å². The van der Waals surface area contributed by atoms with Crippen molar-refractivity contribution >= 4 is 34.6 Å². The van der Waals surface area contributed by atoms with Crippen LogP contribution >= 0.6 is 11.6 Å². The molecule has 2 aromatic carbocycles. The number of carbonyl (C=O) groups excluding carboxylic acids is 1. The molecule has 0 unspecified atom stereocenters. The molecular formula is C21H27ClN4O. The average molecular weight is 387 g/mol. The highest BCUT2D eigenvalue weighted by atomic mass is 35.5. The first-order valence-corrected chi connectivity index (χ1v) is 9.45. The molecule has 0 saturated heterocycles. The molecule has 144 valence electrons. The van der Waals surface area contributed by atoms with Gasteiger partial charge in [-0.3, -0.25) is 9.69 Å². The maximum absolute atomic E-state index is 13.2. The smallest absolute Gasteiger partial charge is 0.262 e. The average Bonchev–Trinajstić information content (AvgIpc) is 2.60. The van der Waals surface area contributed by atoms with Crippen LogP contribution in [0.4, 0.5) is 17.1 Å². The summed E-state index contributed by atoms with van der Waals surface area (Å²) in [5.74, 6) is -0.0152. The van der Waals surface area contributed by atoms with Gasteiger partial charge in [0.2, 0.25) is 0 Å². The van der Waals surface area contributed by atoms with Gasteiger partial charge in [0.25, 0.3) is 5.91 Å². The Morgan fingerprint density at radius 1 is 1.04 bits per heavy atom. The summed E-state index contributed by atoms with van der Waals surface area (Å²) in [5.41, 5.74) is 2.89. The molecule has 2 aromatic rings. The van der Waals surface area contributed by atoms with Crippen LogP contribution in [-0.4, -0.2) is 50.7 Å². The van der Waals surface area contributed by atoms with Crippen molar-refractivity contribution in [1.29, 1.82) is 0 Å². The minimum Gasteiger partial charge on any atom is -0.373 e. The molecule has 1 amide bonds. The fourth-order valence-electron chi connectivity index (χ4n) is 3.33. The van der Waals surface area contributed by atoms with Crippen LogP contribution < -0.4 is 15.1 Å². The van der Waals surface area contributed by atoms with Gasteiger partial charge in [-0.2, -0.15) is 0 Å². The number of hydrogen-bond donors (Lipinski definition) is 1. The highest BCUT2D eigenvalue weighted by Crippen LogP contribution is 2.37. The topological polar surface area (TPSA) is 38.8 Å². The Hall–Kier alpha value is -2.24. The number of likely N-dealkylation sites (N-methyl/N-ethyl adjacent to an activating group) is 2. The fraction of sp³-hybridized carbons (Fsp3) is 0.381. The van der Waals surface area contributed by atoms with Crippen molar-refractivity contribution in [2.75, 3.05) is 49.3 Å². The molecule has 3 rings (SSSR count). The van der Waals surface area contributed by atoms with Crippen LogP contribution in [0.15, 0.2) is 42.5 Å². The van der Waals surface area contributed by atoms with Crippen LogP contribution in [-0.2, 0) is 0 Å². The molecule has 1 heterocycles. The Morgan fingerprint density at radius 2 is 1.70 bits per heavy atom. The Kier molecular flexibility index (Phi) is 5.36. The summed E-state index contributed by atoms with van der Waals surface area (Å²) in [6, 6.07) is 13.3. The maximum atomic E-state index is 13.2. The molecule has 0 fully saturated rings. The van der Waals surface area contributed by atoms with Gasteiger partial charge in [-0.05, 0) is 70.4 Å². The summed E-state index contributed by atoms with van der Waals surface area (Å²) >= 11 is 6.00. The lowest BCUT2D eigenvalue weighted by Crippen LogP contribution is -2.56. The van der Waals surface area contributed by atoms with Crippen LogP contribution in [0.5, 0.6) is 0 Å². The molecule has 27 heavy (non-hydrogen) atoms.